The highest BCUT2D eigenvalue weighted by atomic mass is 19.4. The summed E-state index contributed by atoms with van der Waals surface area (Å²) in [5.41, 5.74) is 3.05. The lowest BCUT2D eigenvalue weighted by Crippen LogP contribution is -2.37. The number of hydrogen-bond acceptors (Lipinski definition) is 2. The number of rotatable bonds is 5. The van der Waals surface area contributed by atoms with E-state index in [1.54, 1.807) is 7.05 Å². The van der Waals surface area contributed by atoms with Gasteiger partial charge in [-0.25, -0.2) is 4.79 Å². The Morgan fingerprint density at radius 3 is 2.35 bits per heavy atom. The van der Waals surface area contributed by atoms with E-state index in [1.165, 1.54) is 17.0 Å². The summed E-state index contributed by atoms with van der Waals surface area (Å²) >= 11 is 0. The van der Waals surface area contributed by atoms with Gasteiger partial charge in [0.05, 0.1) is 11.3 Å². The minimum atomic E-state index is -4.36. The van der Waals surface area contributed by atoms with Gasteiger partial charge in [0.15, 0.2) is 0 Å². The molecular weight excluding hydrogens is 345 g/mol. The molecule has 2 amide bonds. The number of amides is 2. The minimum absolute atomic E-state index is 0.231. The smallest absolute Gasteiger partial charge is 0.338 e. The maximum Gasteiger partial charge on any atom is 0.416 e. The van der Waals surface area contributed by atoms with Crippen LogP contribution >= 0.6 is 0 Å². The van der Waals surface area contributed by atoms with E-state index < -0.39 is 11.7 Å². The Bertz CT molecular complexity index is 766. The number of nitrogens with one attached hydrogen (secondary N) is 1. The van der Waals surface area contributed by atoms with E-state index in [4.69, 9.17) is 0 Å². The van der Waals surface area contributed by atoms with Crippen molar-refractivity contribution in [2.24, 2.45) is 7.05 Å². The molecule has 0 atom stereocenters. The molecule has 0 aliphatic heterocycles. The van der Waals surface area contributed by atoms with E-state index in [0.717, 1.165) is 29.1 Å². The summed E-state index contributed by atoms with van der Waals surface area (Å²) in [5.74, 6) is 0. The van der Waals surface area contributed by atoms with Gasteiger partial charge >= 0.3 is 12.2 Å². The fourth-order valence-corrected chi connectivity index (χ4v) is 2.75. The average molecular weight is 368 g/mol. The number of aromatic nitrogens is 2. The van der Waals surface area contributed by atoms with E-state index in [-0.39, 0.29) is 12.6 Å². The van der Waals surface area contributed by atoms with Crippen LogP contribution in [0.15, 0.2) is 24.3 Å². The van der Waals surface area contributed by atoms with Gasteiger partial charge in [-0.15, -0.1) is 0 Å². The Hall–Kier alpha value is -2.51. The molecule has 1 aromatic heterocycles. The van der Waals surface area contributed by atoms with Gasteiger partial charge in [-0.3, -0.25) is 4.68 Å². The third-order valence-electron chi connectivity index (χ3n) is 4.36. The van der Waals surface area contributed by atoms with Gasteiger partial charge in [-0.1, -0.05) is 12.1 Å². The number of nitrogens with zero attached hydrogens (tertiary/aromatic N) is 3. The first kappa shape index (κ1) is 19.8. The Balaban J connectivity index is 1.85. The van der Waals surface area contributed by atoms with Gasteiger partial charge in [-0.05, 0) is 43.5 Å². The number of aryl methyl sites for hydroxylation is 2. The number of benzene rings is 1. The summed E-state index contributed by atoms with van der Waals surface area (Å²) in [6.45, 7) is 4.60. The van der Waals surface area contributed by atoms with E-state index in [9.17, 15) is 18.0 Å². The monoisotopic (exact) mass is 368 g/mol. The Morgan fingerprint density at radius 1 is 1.23 bits per heavy atom. The normalized spacial score (nSPS) is 11.5. The first-order valence-electron chi connectivity index (χ1n) is 8.23. The van der Waals surface area contributed by atoms with Crippen molar-refractivity contribution in [1.82, 2.24) is 20.0 Å². The predicted molar refractivity (Wildman–Crippen MR) is 92.7 cm³/mol. The van der Waals surface area contributed by atoms with Crippen molar-refractivity contribution in [2.45, 2.75) is 33.0 Å². The van der Waals surface area contributed by atoms with Crippen LogP contribution in [0, 0.1) is 13.8 Å². The van der Waals surface area contributed by atoms with E-state index >= 15 is 0 Å². The molecule has 0 unspecified atom stereocenters. The van der Waals surface area contributed by atoms with Crippen molar-refractivity contribution in [2.75, 3.05) is 13.6 Å². The highest BCUT2D eigenvalue weighted by Crippen LogP contribution is 2.29. The molecule has 142 valence electrons. The van der Waals surface area contributed by atoms with Crippen LogP contribution in [0.5, 0.6) is 0 Å². The first-order valence-corrected chi connectivity index (χ1v) is 8.23. The zero-order valence-corrected chi connectivity index (χ0v) is 15.3. The number of halogens is 3. The molecule has 0 bridgehead atoms. The second-order valence-corrected chi connectivity index (χ2v) is 6.31. The molecule has 8 heteroatoms. The number of urea groups is 1. The SMILES string of the molecule is Cc1nn(C)c(C)c1CCNC(=O)N(C)Cc1ccc(C(F)(F)F)cc1. The molecular formula is C18H23F3N4O. The molecule has 0 aliphatic carbocycles. The maximum atomic E-state index is 12.6. The third kappa shape index (κ3) is 4.77. The molecule has 0 aliphatic rings. The zero-order valence-electron chi connectivity index (χ0n) is 15.3. The van der Waals surface area contributed by atoms with Crippen LogP contribution in [0.1, 0.15) is 28.1 Å². The van der Waals surface area contributed by atoms with Crippen molar-refractivity contribution in [3.8, 4) is 0 Å². The predicted octanol–water partition coefficient (Wildman–Crippen LogP) is 3.44. The summed E-state index contributed by atoms with van der Waals surface area (Å²) in [6.07, 6.45) is -3.68. The molecule has 1 N–H and O–H groups in total. The molecule has 1 aromatic carbocycles. The minimum Gasteiger partial charge on any atom is -0.338 e. The van der Waals surface area contributed by atoms with Crippen molar-refractivity contribution >= 4 is 6.03 Å². The van der Waals surface area contributed by atoms with Crippen molar-refractivity contribution in [3.05, 3.63) is 52.3 Å². The molecule has 0 spiro atoms. The van der Waals surface area contributed by atoms with Gasteiger partial charge in [0.1, 0.15) is 0 Å². The summed E-state index contributed by atoms with van der Waals surface area (Å²) in [6, 6.07) is 4.54. The Kier molecular flexibility index (Phi) is 5.94. The van der Waals surface area contributed by atoms with E-state index in [2.05, 4.69) is 10.4 Å². The first-order chi connectivity index (χ1) is 12.1. The summed E-state index contributed by atoms with van der Waals surface area (Å²) in [7, 11) is 3.48. The van der Waals surface area contributed by atoms with Gasteiger partial charge in [-0.2, -0.15) is 18.3 Å². The Morgan fingerprint density at radius 2 is 1.85 bits per heavy atom. The second kappa shape index (κ2) is 7.80. The van der Waals surface area contributed by atoms with Crippen molar-refractivity contribution in [3.63, 3.8) is 0 Å². The summed E-state index contributed by atoms with van der Waals surface area (Å²) in [5, 5.41) is 7.16. The second-order valence-electron chi connectivity index (χ2n) is 6.31. The lowest BCUT2D eigenvalue weighted by atomic mass is 10.1. The van der Waals surface area contributed by atoms with Gasteiger partial charge in [0.25, 0.3) is 0 Å². The van der Waals surface area contributed by atoms with Crippen molar-refractivity contribution < 1.29 is 18.0 Å². The van der Waals surface area contributed by atoms with Crippen LogP contribution in [0.3, 0.4) is 0 Å². The number of hydrogen-bond donors (Lipinski definition) is 1. The summed E-state index contributed by atoms with van der Waals surface area (Å²) < 4.78 is 39.5. The highest BCUT2D eigenvalue weighted by molar-refractivity contribution is 5.73. The average Bonchev–Trinajstić information content (AvgIpc) is 2.80. The molecule has 5 nitrogen and oxygen atoms in total. The number of carbonyl (C=O) groups is 1. The van der Waals surface area contributed by atoms with Crippen molar-refractivity contribution in [1.29, 1.82) is 0 Å². The van der Waals surface area contributed by atoms with Crippen LogP contribution in [0.2, 0.25) is 0 Å². The third-order valence-corrected chi connectivity index (χ3v) is 4.36. The fraction of sp³-hybridized carbons (Fsp3) is 0.444. The standard InChI is InChI=1S/C18H23F3N4O/c1-12-16(13(2)25(4)23-12)9-10-22-17(26)24(3)11-14-5-7-15(8-6-14)18(19,20)21/h5-8H,9-11H2,1-4H3,(H,22,26). The number of alkyl halides is 3. The van der Waals surface area contributed by atoms with Gasteiger partial charge in [0, 0.05) is 32.9 Å². The van der Waals surface area contributed by atoms with E-state index in [1.807, 2.05) is 25.6 Å². The molecule has 0 radical (unpaired) electrons. The lowest BCUT2D eigenvalue weighted by Gasteiger charge is -2.18. The molecule has 0 fully saturated rings. The van der Waals surface area contributed by atoms with Gasteiger partial charge < -0.3 is 10.2 Å². The topological polar surface area (TPSA) is 50.2 Å². The van der Waals surface area contributed by atoms with Gasteiger partial charge in [0.2, 0.25) is 0 Å². The maximum absolute atomic E-state index is 12.6. The molecule has 26 heavy (non-hydrogen) atoms. The largest absolute Gasteiger partial charge is 0.416 e. The number of carbonyl (C=O) groups excluding carboxylic acids is 1. The molecule has 1 heterocycles. The highest BCUT2D eigenvalue weighted by Gasteiger charge is 2.29. The molecule has 2 aromatic rings. The van der Waals surface area contributed by atoms with Crippen LogP contribution in [0.4, 0.5) is 18.0 Å². The lowest BCUT2D eigenvalue weighted by molar-refractivity contribution is -0.137. The quantitative estimate of drug-likeness (QED) is 0.879. The fourth-order valence-electron chi connectivity index (χ4n) is 2.75. The van der Waals surface area contributed by atoms with E-state index in [0.29, 0.717) is 18.5 Å². The zero-order chi connectivity index (χ0) is 19.5. The Labute approximate surface area is 150 Å². The molecule has 0 saturated heterocycles. The van der Waals surface area contributed by atoms with Crippen LogP contribution < -0.4 is 5.32 Å². The van der Waals surface area contributed by atoms with Crippen LogP contribution in [-0.2, 0) is 26.2 Å². The summed E-state index contributed by atoms with van der Waals surface area (Å²) in [4.78, 5) is 13.6. The van der Waals surface area contributed by atoms with Crippen LogP contribution in [-0.4, -0.2) is 34.3 Å². The van der Waals surface area contributed by atoms with Crippen LogP contribution in [0.25, 0.3) is 0 Å². The molecule has 2 rings (SSSR count). The molecule has 0 saturated carbocycles.